The maximum atomic E-state index is 5.15. The predicted molar refractivity (Wildman–Crippen MR) is 91.7 cm³/mol. The van der Waals surface area contributed by atoms with Gasteiger partial charge in [0.2, 0.25) is 0 Å². The molecule has 0 N–H and O–H groups in total. The maximum absolute atomic E-state index is 5.15. The zero-order chi connectivity index (χ0) is 12.1. The molecule has 0 spiro atoms. The van der Waals surface area contributed by atoms with Gasteiger partial charge in [-0.15, -0.1) is 34.0 Å². The molecule has 0 saturated carbocycles. The molecule has 2 aromatic carbocycles. The molecule has 0 aromatic heterocycles. The number of ether oxygens (including phenoxy) is 2. The zero-order valence-corrected chi connectivity index (χ0v) is 16.4. The summed E-state index contributed by atoms with van der Waals surface area (Å²) in [6.07, 6.45) is 0. The Labute approximate surface area is 145 Å². The van der Waals surface area contributed by atoms with E-state index in [1.807, 2.05) is 24.3 Å². The molecule has 0 amide bonds. The monoisotopic (exact) mass is 504 g/mol. The van der Waals surface area contributed by atoms with Gasteiger partial charge in [-0.1, -0.05) is 0 Å². The summed E-state index contributed by atoms with van der Waals surface area (Å²) in [6.45, 7) is 0. The summed E-state index contributed by atoms with van der Waals surface area (Å²) in [5.41, 5.74) is 0. The molecular weight excluding hydrogens is 488 g/mol. The normalized spacial score (nSPS) is 8.95. The second-order valence-corrected chi connectivity index (χ2v) is 6.73. The van der Waals surface area contributed by atoms with Gasteiger partial charge >= 0.3 is 112 Å². The number of halogens is 2. The van der Waals surface area contributed by atoms with E-state index in [1.54, 1.807) is 14.2 Å². The van der Waals surface area contributed by atoms with Gasteiger partial charge in [0, 0.05) is 0 Å². The van der Waals surface area contributed by atoms with Crippen LogP contribution in [0.1, 0.15) is 0 Å². The van der Waals surface area contributed by atoms with Crippen LogP contribution in [0.3, 0.4) is 0 Å². The van der Waals surface area contributed by atoms with E-state index in [0.717, 1.165) is 11.5 Å². The Balaban J connectivity index is 0.00000162. The summed E-state index contributed by atoms with van der Waals surface area (Å²) in [5.74, 6) is 1.83. The molecule has 103 valence electrons. The van der Waals surface area contributed by atoms with Gasteiger partial charge in [0.15, 0.2) is 0 Å². The molecule has 19 heavy (non-hydrogen) atoms. The second-order valence-electron chi connectivity index (χ2n) is 3.45. The van der Waals surface area contributed by atoms with Crippen LogP contribution in [0.4, 0.5) is 0 Å². The zero-order valence-electron chi connectivity index (χ0n) is 10.7. The quantitative estimate of drug-likeness (QED) is 0.597. The molecule has 0 aliphatic heterocycles. The molecular formula is C14H16Br2O2Te+. The molecule has 2 rings (SSSR count). The third kappa shape index (κ3) is 5.74. The summed E-state index contributed by atoms with van der Waals surface area (Å²) in [5, 5.41) is 0. The van der Waals surface area contributed by atoms with Crippen LogP contribution in [0.15, 0.2) is 48.5 Å². The van der Waals surface area contributed by atoms with Gasteiger partial charge in [-0.05, 0) is 0 Å². The average molecular weight is 504 g/mol. The first kappa shape index (κ1) is 18.8. The number of methoxy groups -OCH3 is 2. The molecule has 5 heteroatoms. The summed E-state index contributed by atoms with van der Waals surface area (Å²) in [7, 11) is 3.38. The van der Waals surface area contributed by atoms with Crippen LogP contribution in [0.2, 0.25) is 0 Å². The molecule has 0 fully saturated rings. The van der Waals surface area contributed by atoms with Crippen LogP contribution < -0.4 is 16.7 Å². The average Bonchev–Trinajstić information content (AvgIpc) is 2.40. The van der Waals surface area contributed by atoms with E-state index in [2.05, 4.69) is 24.3 Å². The molecule has 0 aliphatic carbocycles. The Morgan fingerprint density at radius 3 is 1.21 bits per heavy atom. The van der Waals surface area contributed by atoms with Crippen molar-refractivity contribution in [2.45, 2.75) is 0 Å². The third-order valence-corrected chi connectivity index (χ3v) is 5.25. The van der Waals surface area contributed by atoms with E-state index < -0.39 is 0 Å². The van der Waals surface area contributed by atoms with E-state index in [-0.39, 0.29) is 54.9 Å². The van der Waals surface area contributed by atoms with Gasteiger partial charge in [-0.3, -0.25) is 0 Å². The van der Waals surface area contributed by atoms with Gasteiger partial charge in [0.1, 0.15) is 0 Å². The van der Waals surface area contributed by atoms with E-state index >= 15 is 0 Å². The fourth-order valence-corrected chi connectivity index (χ4v) is 3.75. The van der Waals surface area contributed by atoms with Gasteiger partial charge in [0.25, 0.3) is 0 Å². The van der Waals surface area contributed by atoms with Crippen molar-refractivity contribution in [1.29, 1.82) is 0 Å². The fourth-order valence-electron chi connectivity index (χ4n) is 1.42. The molecule has 0 saturated heterocycles. The molecule has 1 radical (unpaired) electrons. The van der Waals surface area contributed by atoms with Crippen molar-refractivity contribution in [1.82, 2.24) is 0 Å². The first-order valence-electron chi connectivity index (χ1n) is 5.28. The predicted octanol–water partition coefficient (Wildman–Crippen LogP) is 2.51. The Kier molecular flexibility index (Phi) is 9.55. The van der Waals surface area contributed by atoms with E-state index in [9.17, 15) is 0 Å². The van der Waals surface area contributed by atoms with E-state index in [1.165, 1.54) is 7.22 Å². The van der Waals surface area contributed by atoms with Crippen LogP contribution >= 0.6 is 34.0 Å². The van der Waals surface area contributed by atoms with Gasteiger partial charge in [0.05, 0.1) is 0 Å². The van der Waals surface area contributed by atoms with Crippen LogP contribution in [-0.2, 0) is 0 Å². The molecule has 0 aliphatic rings. The molecule has 2 nitrogen and oxygen atoms in total. The summed E-state index contributed by atoms with van der Waals surface area (Å²) in [4.78, 5) is 0. The third-order valence-electron chi connectivity index (χ3n) is 2.35. The molecule has 0 unspecified atom stereocenters. The number of hydrogen-bond acceptors (Lipinski definition) is 2. The SMILES string of the molecule is Br.Br.COc1ccc([Te+]c2ccc(OC)cc2)cc1. The summed E-state index contributed by atoms with van der Waals surface area (Å²) >= 11 is -0.308. The van der Waals surface area contributed by atoms with Crippen molar-refractivity contribution in [2.24, 2.45) is 0 Å². The van der Waals surface area contributed by atoms with Gasteiger partial charge in [-0.25, -0.2) is 0 Å². The fraction of sp³-hybridized carbons (Fsp3) is 0.143. The minimum atomic E-state index is -0.308. The first-order valence-corrected chi connectivity index (χ1v) is 7.61. The van der Waals surface area contributed by atoms with Gasteiger partial charge in [-0.2, -0.15) is 0 Å². The molecule has 0 atom stereocenters. The Morgan fingerprint density at radius 2 is 0.947 bits per heavy atom. The molecule has 2 aromatic rings. The van der Waals surface area contributed by atoms with Crippen molar-refractivity contribution in [2.75, 3.05) is 14.2 Å². The topological polar surface area (TPSA) is 18.5 Å². The number of rotatable bonds is 4. The van der Waals surface area contributed by atoms with Crippen LogP contribution in [-0.4, -0.2) is 35.1 Å². The van der Waals surface area contributed by atoms with E-state index in [4.69, 9.17) is 9.47 Å². The molecule has 0 bridgehead atoms. The van der Waals surface area contributed by atoms with E-state index in [0.29, 0.717) is 0 Å². The number of hydrogen-bond donors (Lipinski definition) is 0. The Hall–Kier alpha value is -0.210. The second kappa shape index (κ2) is 9.66. The van der Waals surface area contributed by atoms with Gasteiger partial charge < -0.3 is 0 Å². The number of benzene rings is 2. The van der Waals surface area contributed by atoms with Crippen molar-refractivity contribution in [3.8, 4) is 11.5 Å². The van der Waals surface area contributed by atoms with Crippen LogP contribution in [0, 0.1) is 0 Å². The Bertz CT molecular complexity index is 426. The Morgan fingerprint density at radius 1 is 0.632 bits per heavy atom. The summed E-state index contributed by atoms with van der Waals surface area (Å²) in [6, 6.07) is 16.6. The summed E-state index contributed by atoms with van der Waals surface area (Å²) < 4.78 is 13.1. The van der Waals surface area contributed by atoms with Crippen LogP contribution in [0.5, 0.6) is 11.5 Å². The molecule has 0 heterocycles. The van der Waals surface area contributed by atoms with Crippen LogP contribution in [0.25, 0.3) is 0 Å². The standard InChI is InChI=1S/C14H14O2Te.2BrH/c1-15-11-3-7-13(8-4-11)17-14-9-5-12(16-2)6-10-14;;/h3-10H,1-2H3;2*1H/q+1;;. The van der Waals surface area contributed by atoms with Crippen molar-refractivity contribution >= 4 is 62.1 Å². The van der Waals surface area contributed by atoms with Crippen molar-refractivity contribution in [3.63, 3.8) is 0 Å². The van der Waals surface area contributed by atoms with Crippen molar-refractivity contribution in [3.05, 3.63) is 48.5 Å². The minimum absolute atomic E-state index is 0. The van der Waals surface area contributed by atoms with Crippen molar-refractivity contribution < 1.29 is 9.47 Å². The first-order chi connectivity index (χ1) is 8.31.